The van der Waals surface area contributed by atoms with Crippen molar-refractivity contribution in [2.24, 2.45) is 0 Å². The summed E-state index contributed by atoms with van der Waals surface area (Å²) in [5.41, 5.74) is 5.39. The number of allylic oxidation sites excluding steroid dienone is 2. The molecule has 162 valence electrons. The highest BCUT2D eigenvalue weighted by molar-refractivity contribution is 5.26. The van der Waals surface area contributed by atoms with Gasteiger partial charge in [0, 0.05) is 18.6 Å². The zero-order chi connectivity index (χ0) is 21.6. The van der Waals surface area contributed by atoms with Gasteiger partial charge in [-0.15, -0.1) is 0 Å². The molecule has 0 aromatic heterocycles. The zero-order valence-electron chi connectivity index (χ0n) is 19.3. The van der Waals surface area contributed by atoms with E-state index in [9.17, 15) is 0 Å². The summed E-state index contributed by atoms with van der Waals surface area (Å²) in [6.45, 7) is 10.7. The number of hydrogen-bond donors (Lipinski definition) is 2. The van der Waals surface area contributed by atoms with Gasteiger partial charge in [-0.1, -0.05) is 91.7 Å². The van der Waals surface area contributed by atoms with Gasteiger partial charge in [0.25, 0.3) is 0 Å². The minimum atomic E-state index is 0.395. The molecule has 0 fully saturated rings. The van der Waals surface area contributed by atoms with Gasteiger partial charge in [0.1, 0.15) is 0 Å². The molecule has 0 aliphatic rings. The average Bonchev–Trinajstić information content (AvgIpc) is 2.76. The van der Waals surface area contributed by atoms with Crippen LogP contribution >= 0.6 is 0 Å². The van der Waals surface area contributed by atoms with E-state index in [2.05, 4.69) is 111 Å². The predicted molar refractivity (Wildman–Crippen MR) is 132 cm³/mol. The molecule has 2 heteroatoms. The van der Waals surface area contributed by atoms with Gasteiger partial charge in [-0.2, -0.15) is 0 Å². The van der Waals surface area contributed by atoms with E-state index in [0.29, 0.717) is 12.1 Å². The van der Waals surface area contributed by atoms with Crippen molar-refractivity contribution >= 4 is 0 Å². The van der Waals surface area contributed by atoms with E-state index in [1.165, 1.54) is 35.1 Å². The molecule has 2 nitrogen and oxygen atoms in total. The van der Waals surface area contributed by atoms with E-state index in [-0.39, 0.29) is 0 Å². The molecule has 2 atom stereocenters. The van der Waals surface area contributed by atoms with Crippen molar-refractivity contribution in [3.8, 4) is 0 Å². The molecule has 2 rings (SSSR count). The van der Waals surface area contributed by atoms with Gasteiger partial charge in [-0.25, -0.2) is 0 Å². The summed E-state index contributed by atoms with van der Waals surface area (Å²) in [4.78, 5) is 0. The van der Waals surface area contributed by atoms with Crippen molar-refractivity contribution in [1.82, 2.24) is 10.6 Å². The van der Waals surface area contributed by atoms with Crippen molar-refractivity contribution in [2.45, 2.75) is 65.5 Å². The van der Waals surface area contributed by atoms with Crippen LogP contribution in [0.2, 0.25) is 0 Å². The molecular formula is C28H40N2. The quantitative estimate of drug-likeness (QED) is 0.292. The largest absolute Gasteiger partial charge is 0.313 e. The Labute approximate surface area is 184 Å². The predicted octanol–water partition coefficient (Wildman–Crippen LogP) is 6.54. The molecule has 2 N–H and O–H groups in total. The Hall–Kier alpha value is -2.16. The molecule has 0 aliphatic heterocycles. The fourth-order valence-corrected chi connectivity index (χ4v) is 3.70. The lowest BCUT2D eigenvalue weighted by Gasteiger charge is -2.24. The SMILES string of the molecule is C/C=C(\C=C/Cc1ccc(C)cc1)CNCCC(NC(C)CCC)c1ccccc1. The van der Waals surface area contributed by atoms with Crippen LogP contribution in [0.4, 0.5) is 0 Å². The van der Waals surface area contributed by atoms with Crippen LogP contribution in [0.3, 0.4) is 0 Å². The van der Waals surface area contributed by atoms with Crippen molar-refractivity contribution in [1.29, 1.82) is 0 Å². The lowest BCUT2D eigenvalue weighted by Crippen LogP contribution is -2.33. The van der Waals surface area contributed by atoms with Crippen molar-refractivity contribution in [2.75, 3.05) is 13.1 Å². The monoisotopic (exact) mass is 404 g/mol. The Kier molecular flexibility index (Phi) is 11.2. The second-order valence-electron chi connectivity index (χ2n) is 8.24. The minimum Gasteiger partial charge on any atom is -0.313 e. The first kappa shape index (κ1) is 24.1. The zero-order valence-corrected chi connectivity index (χ0v) is 19.3. The normalized spacial score (nSPS) is 14.2. The molecular weight excluding hydrogens is 364 g/mol. The maximum Gasteiger partial charge on any atom is 0.0334 e. The van der Waals surface area contributed by atoms with E-state index in [0.717, 1.165) is 25.9 Å². The highest BCUT2D eigenvalue weighted by Gasteiger charge is 2.13. The summed E-state index contributed by atoms with van der Waals surface area (Å²) in [7, 11) is 0. The highest BCUT2D eigenvalue weighted by atomic mass is 15.0. The van der Waals surface area contributed by atoms with E-state index in [1.54, 1.807) is 0 Å². The molecule has 0 amide bonds. The summed E-state index contributed by atoms with van der Waals surface area (Å²) >= 11 is 0. The summed E-state index contributed by atoms with van der Waals surface area (Å²) in [6, 6.07) is 20.6. The van der Waals surface area contributed by atoms with E-state index in [1.807, 2.05) is 0 Å². The van der Waals surface area contributed by atoms with Gasteiger partial charge in [0.05, 0.1) is 0 Å². The van der Waals surface area contributed by atoms with Crippen molar-refractivity contribution < 1.29 is 0 Å². The molecule has 2 aromatic carbocycles. The summed E-state index contributed by atoms with van der Waals surface area (Å²) in [6.07, 6.45) is 11.2. The van der Waals surface area contributed by atoms with Crippen molar-refractivity contribution in [3.63, 3.8) is 0 Å². The molecule has 0 bridgehead atoms. The summed E-state index contributed by atoms with van der Waals surface area (Å²) in [5, 5.41) is 7.46. The van der Waals surface area contributed by atoms with E-state index >= 15 is 0 Å². The van der Waals surface area contributed by atoms with Crippen LogP contribution in [0.15, 0.2) is 78.4 Å². The van der Waals surface area contributed by atoms with Crippen LogP contribution in [0.25, 0.3) is 0 Å². The number of aryl methyl sites for hydroxylation is 1. The van der Waals surface area contributed by atoms with Gasteiger partial charge < -0.3 is 10.6 Å². The molecule has 0 saturated heterocycles. The highest BCUT2D eigenvalue weighted by Crippen LogP contribution is 2.18. The number of nitrogens with one attached hydrogen (secondary N) is 2. The molecule has 0 aliphatic carbocycles. The first-order chi connectivity index (χ1) is 14.6. The second-order valence-corrected chi connectivity index (χ2v) is 8.24. The topological polar surface area (TPSA) is 24.1 Å². The van der Waals surface area contributed by atoms with Gasteiger partial charge in [0.2, 0.25) is 0 Å². The number of rotatable bonds is 13. The van der Waals surface area contributed by atoms with Gasteiger partial charge in [0.15, 0.2) is 0 Å². The molecule has 0 radical (unpaired) electrons. The minimum absolute atomic E-state index is 0.395. The first-order valence-corrected chi connectivity index (χ1v) is 11.5. The van der Waals surface area contributed by atoms with Gasteiger partial charge in [-0.05, 0) is 63.3 Å². The average molecular weight is 405 g/mol. The lowest BCUT2D eigenvalue weighted by molar-refractivity contribution is 0.409. The summed E-state index contributed by atoms with van der Waals surface area (Å²) < 4.78 is 0. The Morgan fingerprint density at radius 2 is 1.73 bits per heavy atom. The number of benzene rings is 2. The van der Waals surface area contributed by atoms with Crippen LogP contribution in [0.1, 0.15) is 62.8 Å². The molecule has 2 aromatic rings. The third-order valence-corrected chi connectivity index (χ3v) is 5.53. The Bertz CT molecular complexity index is 759. The van der Waals surface area contributed by atoms with Crippen LogP contribution in [-0.2, 0) is 6.42 Å². The van der Waals surface area contributed by atoms with Crippen LogP contribution in [0.5, 0.6) is 0 Å². The smallest absolute Gasteiger partial charge is 0.0334 e. The van der Waals surface area contributed by atoms with E-state index in [4.69, 9.17) is 0 Å². The third kappa shape index (κ3) is 9.11. The van der Waals surface area contributed by atoms with Crippen LogP contribution < -0.4 is 10.6 Å². The molecule has 30 heavy (non-hydrogen) atoms. The second kappa shape index (κ2) is 14.0. The molecule has 0 spiro atoms. The Morgan fingerprint density at radius 1 is 1.00 bits per heavy atom. The molecule has 0 saturated carbocycles. The van der Waals surface area contributed by atoms with Crippen molar-refractivity contribution in [3.05, 3.63) is 95.1 Å². The first-order valence-electron chi connectivity index (χ1n) is 11.5. The third-order valence-electron chi connectivity index (χ3n) is 5.53. The van der Waals surface area contributed by atoms with Crippen LogP contribution in [0, 0.1) is 6.92 Å². The van der Waals surface area contributed by atoms with Crippen LogP contribution in [-0.4, -0.2) is 19.1 Å². The Morgan fingerprint density at radius 3 is 2.40 bits per heavy atom. The van der Waals surface area contributed by atoms with Gasteiger partial charge in [-0.3, -0.25) is 0 Å². The number of hydrogen-bond acceptors (Lipinski definition) is 2. The lowest BCUT2D eigenvalue weighted by atomic mass is 10.0. The van der Waals surface area contributed by atoms with Gasteiger partial charge >= 0.3 is 0 Å². The fourth-order valence-electron chi connectivity index (χ4n) is 3.70. The van der Waals surface area contributed by atoms with E-state index < -0.39 is 0 Å². The maximum atomic E-state index is 3.82. The molecule has 0 heterocycles. The Balaban J connectivity index is 1.80. The fraction of sp³-hybridized carbons (Fsp3) is 0.429. The summed E-state index contributed by atoms with van der Waals surface area (Å²) in [5.74, 6) is 0. The standard InChI is InChI=1S/C28H40N2/c1-5-11-24(4)30-28(27-14-8-7-9-15-27)20-21-29-22-25(6-2)12-10-13-26-18-16-23(3)17-19-26/h6-10,12,14-19,24,28-30H,5,11,13,20-22H2,1-4H3/b12-10-,25-6+. The molecule has 2 unspecified atom stereocenters. The maximum absolute atomic E-state index is 3.82.